The van der Waals surface area contributed by atoms with Gasteiger partial charge in [-0.2, -0.15) is 0 Å². The molecule has 0 fully saturated rings. The van der Waals surface area contributed by atoms with Gasteiger partial charge in [-0.05, 0) is 0 Å². The van der Waals surface area contributed by atoms with Gasteiger partial charge in [-0.3, -0.25) is 81.5 Å². The summed E-state index contributed by atoms with van der Waals surface area (Å²) < 4.78 is 0. The molecule has 0 bridgehead atoms. The van der Waals surface area contributed by atoms with Crippen molar-refractivity contribution in [3.63, 3.8) is 0 Å². The number of carbonyl (C=O) groups is 17. The highest BCUT2D eigenvalue weighted by molar-refractivity contribution is 5.66. The fourth-order valence-corrected chi connectivity index (χ4v) is 0. The third-order valence-corrected chi connectivity index (χ3v) is 0. The maximum Gasteiger partial charge on any atom is 0.300 e. The first kappa shape index (κ1) is 113. The lowest BCUT2D eigenvalue weighted by Crippen LogP contribution is -1.78. The van der Waals surface area contributed by atoms with Gasteiger partial charge in [0.25, 0.3) is 101 Å². The van der Waals surface area contributed by atoms with Crippen LogP contribution in [0, 0.1) is 0 Å². The van der Waals surface area contributed by atoms with E-state index >= 15 is 0 Å². The SMILES string of the molecule is CC(=O)O.CC(=O)O.CC(=O)O.CC(=O)O.CC(=O)O.CC(=O)O.CC(=O)O.CC(=O)O.CC(=O)O.CC(=O)O.CC(=O)O.CC(=O)O.CC(=O)O.CC(=O)O.CC(=O)O.CC(=O)O.CC(=O)O. The minimum atomic E-state index is -0.833. The lowest BCUT2D eigenvalue weighted by molar-refractivity contribution is -0.135. The van der Waals surface area contributed by atoms with E-state index < -0.39 is 101 Å². The molecule has 34 nitrogen and oxygen atoms in total. The van der Waals surface area contributed by atoms with Crippen LogP contribution in [0.1, 0.15) is 118 Å². The lowest BCUT2D eigenvalue weighted by atomic mass is 10.9. The molecule has 68 heavy (non-hydrogen) atoms. The zero-order chi connectivity index (χ0) is 60.8. The van der Waals surface area contributed by atoms with Gasteiger partial charge < -0.3 is 86.8 Å². The number of aliphatic carboxylic acids is 17. The summed E-state index contributed by atoms with van der Waals surface area (Å²) in [5.41, 5.74) is 0. The van der Waals surface area contributed by atoms with Crippen molar-refractivity contribution in [1.29, 1.82) is 0 Å². The maximum atomic E-state index is 9.00. The van der Waals surface area contributed by atoms with Crippen LogP contribution in [-0.2, 0) is 81.5 Å². The Morgan fingerprint density at radius 3 is 0.118 bits per heavy atom. The largest absolute Gasteiger partial charge is 0.481 e. The molecular formula is C34H68O34. The molecule has 0 aromatic carbocycles. The Morgan fingerprint density at radius 2 is 0.118 bits per heavy atom. The summed E-state index contributed by atoms with van der Waals surface area (Å²) in [6, 6.07) is 0. The Bertz CT molecular complexity index is 876. The zero-order valence-electron chi connectivity index (χ0n) is 40.0. The summed E-state index contributed by atoms with van der Waals surface area (Å²) in [7, 11) is 0. The Labute approximate surface area is 387 Å². The van der Waals surface area contributed by atoms with Crippen LogP contribution in [0.15, 0.2) is 0 Å². The van der Waals surface area contributed by atoms with Gasteiger partial charge in [0, 0.05) is 118 Å². The van der Waals surface area contributed by atoms with E-state index in [1.54, 1.807) is 0 Å². The molecule has 408 valence electrons. The molecule has 34 heteroatoms. The van der Waals surface area contributed by atoms with Gasteiger partial charge in [-0.15, -0.1) is 0 Å². The van der Waals surface area contributed by atoms with Gasteiger partial charge in [0.1, 0.15) is 0 Å². The first-order valence-electron chi connectivity index (χ1n) is 15.8. The van der Waals surface area contributed by atoms with Crippen molar-refractivity contribution in [3.8, 4) is 0 Å². The molecule has 0 aliphatic heterocycles. The van der Waals surface area contributed by atoms with Crippen LogP contribution >= 0.6 is 0 Å². The molecule has 0 atom stereocenters. The van der Waals surface area contributed by atoms with Crippen molar-refractivity contribution >= 4 is 101 Å². The minimum Gasteiger partial charge on any atom is -0.481 e. The zero-order valence-corrected chi connectivity index (χ0v) is 40.0. The van der Waals surface area contributed by atoms with Crippen molar-refractivity contribution in [1.82, 2.24) is 0 Å². The molecule has 0 heterocycles. The topological polar surface area (TPSA) is 634 Å². The van der Waals surface area contributed by atoms with E-state index in [0.717, 1.165) is 118 Å². The van der Waals surface area contributed by atoms with Crippen molar-refractivity contribution < 1.29 is 168 Å². The van der Waals surface area contributed by atoms with Crippen LogP contribution in [-0.4, -0.2) is 188 Å². The van der Waals surface area contributed by atoms with Gasteiger partial charge in [0.05, 0.1) is 0 Å². The first-order chi connectivity index (χ1) is 29.4. The fourth-order valence-electron chi connectivity index (χ4n) is 0. The van der Waals surface area contributed by atoms with E-state index in [0.29, 0.717) is 0 Å². The quantitative estimate of drug-likeness (QED) is 0.164. The third kappa shape index (κ3) is 2200. The van der Waals surface area contributed by atoms with Crippen LogP contribution in [0.25, 0.3) is 0 Å². The standard InChI is InChI=1S/17C2H4O2/c17*1-2(3)4/h17*1H3,(H,3,4). The molecule has 17 N–H and O–H groups in total. The number of carboxylic acid groups (broad SMARTS) is 17. The number of rotatable bonds is 0. The maximum absolute atomic E-state index is 9.00. The highest BCUT2D eigenvalue weighted by Crippen LogP contribution is 1.47. The van der Waals surface area contributed by atoms with Crippen molar-refractivity contribution in [3.05, 3.63) is 0 Å². The number of hydrogen-bond donors (Lipinski definition) is 17. The lowest BCUT2D eigenvalue weighted by Gasteiger charge is -1.59. The third-order valence-electron chi connectivity index (χ3n) is 0. The van der Waals surface area contributed by atoms with E-state index in [9.17, 15) is 0 Å². The van der Waals surface area contributed by atoms with Crippen LogP contribution in [0.5, 0.6) is 0 Å². The second kappa shape index (κ2) is 107. The molecule has 0 saturated heterocycles. The second-order valence-corrected chi connectivity index (χ2v) is 8.82. The van der Waals surface area contributed by atoms with Gasteiger partial charge in [-0.1, -0.05) is 0 Å². The molecule has 0 aliphatic rings. The average Bonchev–Trinajstić information content (AvgIpc) is 2.87. The normalized spacial score (nSPS) is 6.25. The highest BCUT2D eigenvalue weighted by atomic mass is 16.4. The van der Waals surface area contributed by atoms with E-state index in [4.69, 9.17) is 168 Å². The van der Waals surface area contributed by atoms with Crippen LogP contribution < -0.4 is 0 Å². The van der Waals surface area contributed by atoms with Gasteiger partial charge in [0.2, 0.25) is 0 Å². The monoisotopic (exact) mass is 1020 g/mol. The summed E-state index contributed by atoms with van der Waals surface area (Å²) >= 11 is 0. The fraction of sp³-hybridized carbons (Fsp3) is 0.500. The Balaban J connectivity index is -0.0000000271. The predicted molar refractivity (Wildman–Crippen MR) is 226 cm³/mol. The molecule has 0 unspecified atom stereocenters. The Morgan fingerprint density at radius 1 is 0.118 bits per heavy atom. The molecule has 0 aromatic heterocycles. The van der Waals surface area contributed by atoms with E-state index in [2.05, 4.69) is 0 Å². The molecule has 0 amide bonds. The van der Waals surface area contributed by atoms with Gasteiger partial charge in [-0.25, -0.2) is 0 Å². The summed E-state index contributed by atoms with van der Waals surface area (Å²) in [6.45, 7) is 18.4. The highest BCUT2D eigenvalue weighted by Gasteiger charge is 1.71. The summed E-state index contributed by atoms with van der Waals surface area (Å²) in [5.74, 6) is -14.2. The van der Waals surface area contributed by atoms with Crippen molar-refractivity contribution in [2.75, 3.05) is 0 Å². The molecule has 0 aliphatic carbocycles. The smallest absolute Gasteiger partial charge is 0.300 e. The minimum absolute atomic E-state index is 0.833. The van der Waals surface area contributed by atoms with Gasteiger partial charge >= 0.3 is 0 Å². The first-order valence-corrected chi connectivity index (χ1v) is 15.8. The van der Waals surface area contributed by atoms with Crippen molar-refractivity contribution in [2.24, 2.45) is 0 Å². The van der Waals surface area contributed by atoms with Crippen LogP contribution in [0.2, 0.25) is 0 Å². The molecule has 0 radical (unpaired) electrons. The van der Waals surface area contributed by atoms with Crippen LogP contribution in [0.4, 0.5) is 0 Å². The summed E-state index contributed by atoms with van der Waals surface area (Å²) in [4.78, 5) is 153. The van der Waals surface area contributed by atoms with Gasteiger partial charge in [0.15, 0.2) is 0 Å². The Hall–Kier alpha value is -9.01. The van der Waals surface area contributed by atoms with E-state index in [1.165, 1.54) is 0 Å². The molecular weight excluding hydrogens is 952 g/mol. The second-order valence-electron chi connectivity index (χ2n) is 8.82. The molecule has 0 spiro atoms. The predicted octanol–water partition coefficient (Wildman–Crippen LogP) is 1.55. The molecule has 0 saturated carbocycles. The number of carboxylic acids is 17. The number of hydrogen-bond acceptors (Lipinski definition) is 17. The Kier molecular flexibility index (Phi) is 177. The summed E-state index contributed by atoms with van der Waals surface area (Å²) in [5, 5.41) is 126. The van der Waals surface area contributed by atoms with Crippen LogP contribution in [0.3, 0.4) is 0 Å². The van der Waals surface area contributed by atoms with Crippen molar-refractivity contribution in [2.45, 2.75) is 118 Å². The molecule has 0 aromatic rings. The molecule has 0 rings (SSSR count). The van der Waals surface area contributed by atoms with E-state index in [1.807, 2.05) is 0 Å². The summed E-state index contributed by atoms with van der Waals surface area (Å²) in [6.07, 6.45) is 0. The van der Waals surface area contributed by atoms with E-state index in [-0.39, 0.29) is 0 Å². The average molecular weight is 1020 g/mol.